The number of hydroxylamine groups is 1. The molecule has 2 heterocycles. The second-order valence-electron chi connectivity index (χ2n) is 6.57. The summed E-state index contributed by atoms with van der Waals surface area (Å²) in [6, 6.07) is 0. The first-order valence-corrected chi connectivity index (χ1v) is 9.18. The predicted octanol–water partition coefficient (Wildman–Crippen LogP) is 3.05. The molecule has 2 rings (SSSR count). The van der Waals surface area contributed by atoms with Crippen LogP contribution in [0.15, 0.2) is 12.2 Å². The first-order valence-electron chi connectivity index (χ1n) is 9.18. The molecule has 1 amide bonds. The number of unbranched alkanes of at least 4 members (excludes halogenated alkanes) is 1. The fourth-order valence-electron chi connectivity index (χ4n) is 3.79. The Kier molecular flexibility index (Phi) is 8.21. The number of rotatable bonds is 11. The van der Waals surface area contributed by atoms with Gasteiger partial charge in [0.2, 0.25) is 0 Å². The third kappa shape index (κ3) is 6.32. The summed E-state index contributed by atoms with van der Waals surface area (Å²) in [5.41, 5.74) is 2.22. The normalized spacial score (nSPS) is 27.7. The summed E-state index contributed by atoms with van der Waals surface area (Å²) in [6.07, 6.45) is 9.82. The van der Waals surface area contributed by atoms with Gasteiger partial charge >= 0.3 is 12.1 Å². The minimum absolute atomic E-state index is 0.214. The lowest BCUT2D eigenvalue weighted by atomic mass is 9.76. The highest BCUT2D eigenvalue weighted by Crippen LogP contribution is 2.46. The van der Waals surface area contributed by atoms with Crippen LogP contribution in [0.4, 0.5) is 4.79 Å². The SMILES string of the molecule is CCONC(=O)OCC[C@@H]1[C@@H](CC=CCCCC(=O)O)[C@H]2CC[C@@H]1O2. The van der Waals surface area contributed by atoms with Crippen LogP contribution in [0.2, 0.25) is 0 Å². The average molecular weight is 355 g/mol. The van der Waals surface area contributed by atoms with E-state index in [9.17, 15) is 9.59 Å². The highest BCUT2D eigenvalue weighted by Gasteiger charge is 2.47. The standard InChI is InChI=1S/C18H29NO6/c1-2-24-19-18(22)23-12-11-14-13(15-9-10-16(14)25-15)7-5-3-4-6-8-17(20)21/h3,5,13-16H,2,4,6-12H2,1H3,(H,19,22)(H,20,21)/t13-,14-,15-,16+/m1/s1. The van der Waals surface area contributed by atoms with Crippen LogP contribution < -0.4 is 5.48 Å². The molecule has 2 fully saturated rings. The van der Waals surface area contributed by atoms with E-state index in [1.54, 1.807) is 6.92 Å². The van der Waals surface area contributed by atoms with Gasteiger partial charge in [0, 0.05) is 6.42 Å². The van der Waals surface area contributed by atoms with E-state index < -0.39 is 12.1 Å². The zero-order valence-electron chi connectivity index (χ0n) is 14.8. The number of carbonyl (C=O) groups excluding carboxylic acids is 1. The number of carboxylic acid groups (broad SMARTS) is 1. The first-order chi connectivity index (χ1) is 12.1. The number of aliphatic carboxylic acids is 1. The van der Waals surface area contributed by atoms with Gasteiger partial charge < -0.3 is 14.6 Å². The largest absolute Gasteiger partial charge is 0.481 e. The highest BCUT2D eigenvalue weighted by molar-refractivity contribution is 5.66. The lowest BCUT2D eigenvalue weighted by molar-refractivity contribution is -0.137. The number of carbonyl (C=O) groups is 2. The molecule has 2 bridgehead atoms. The maximum atomic E-state index is 11.4. The molecule has 0 aromatic rings. The maximum Gasteiger partial charge on any atom is 0.431 e. The minimum atomic E-state index is -0.747. The Morgan fingerprint density at radius 3 is 2.72 bits per heavy atom. The van der Waals surface area contributed by atoms with E-state index >= 15 is 0 Å². The van der Waals surface area contributed by atoms with Gasteiger partial charge in [-0.15, -0.1) is 0 Å². The van der Waals surface area contributed by atoms with Crippen molar-refractivity contribution in [3.05, 3.63) is 12.2 Å². The lowest BCUT2D eigenvalue weighted by Crippen LogP contribution is -2.30. The third-order valence-corrected chi connectivity index (χ3v) is 4.91. The molecule has 0 aromatic heterocycles. The van der Waals surface area contributed by atoms with Gasteiger partial charge in [0.1, 0.15) is 0 Å². The Balaban J connectivity index is 1.70. The van der Waals surface area contributed by atoms with Crippen LogP contribution in [0.3, 0.4) is 0 Å². The number of carboxylic acids is 1. The van der Waals surface area contributed by atoms with Crippen molar-refractivity contribution in [2.75, 3.05) is 13.2 Å². The van der Waals surface area contributed by atoms with Gasteiger partial charge in [-0.3, -0.25) is 9.63 Å². The van der Waals surface area contributed by atoms with Crippen molar-refractivity contribution in [3.63, 3.8) is 0 Å². The summed E-state index contributed by atoms with van der Waals surface area (Å²) < 4.78 is 11.2. The van der Waals surface area contributed by atoms with Crippen molar-refractivity contribution in [3.8, 4) is 0 Å². The molecule has 7 nitrogen and oxygen atoms in total. The van der Waals surface area contributed by atoms with E-state index in [2.05, 4.69) is 17.6 Å². The second-order valence-corrected chi connectivity index (χ2v) is 6.57. The maximum absolute atomic E-state index is 11.4. The number of allylic oxidation sites excluding steroid dienone is 2. The Labute approximate surface area is 148 Å². The van der Waals surface area contributed by atoms with Crippen LogP contribution in [0.25, 0.3) is 0 Å². The molecule has 142 valence electrons. The van der Waals surface area contributed by atoms with Crippen molar-refractivity contribution in [2.24, 2.45) is 11.8 Å². The van der Waals surface area contributed by atoms with E-state index in [0.717, 1.165) is 32.1 Å². The Morgan fingerprint density at radius 1 is 1.24 bits per heavy atom. The van der Waals surface area contributed by atoms with E-state index in [1.807, 2.05) is 0 Å². The molecule has 0 saturated carbocycles. The molecule has 0 aromatic carbocycles. The summed E-state index contributed by atoms with van der Waals surface area (Å²) in [7, 11) is 0. The number of nitrogens with one attached hydrogen (secondary N) is 1. The zero-order chi connectivity index (χ0) is 18.1. The Bertz CT molecular complexity index is 466. The van der Waals surface area contributed by atoms with Crippen molar-refractivity contribution in [2.45, 2.75) is 64.1 Å². The van der Waals surface area contributed by atoms with Crippen LogP contribution in [0.5, 0.6) is 0 Å². The molecular formula is C18H29NO6. The van der Waals surface area contributed by atoms with Gasteiger partial charge in [0.05, 0.1) is 25.4 Å². The van der Waals surface area contributed by atoms with Gasteiger partial charge in [-0.05, 0) is 57.3 Å². The molecule has 0 aliphatic carbocycles. The van der Waals surface area contributed by atoms with Crippen LogP contribution in [0, 0.1) is 11.8 Å². The summed E-state index contributed by atoms with van der Waals surface area (Å²) in [5, 5.41) is 8.63. The fourth-order valence-corrected chi connectivity index (χ4v) is 3.79. The quantitative estimate of drug-likeness (QED) is 0.336. The summed E-state index contributed by atoms with van der Waals surface area (Å²) in [6.45, 7) is 2.54. The van der Waals surface area contributed by atoms with Crippen molar-refractivity contribution < 1.29 is 29.0 Å². The van der Waals surface area contributed by atoms with E-state index in [1.165, 1.54) is 0 Å². The van der Waals surface area contributed by atoms with Gasteiger partial charge in [-0.1, -0.05) is 12.2 Å². The second kappa shape index (κ2) is 10.4. The smallest absolute Gasteiger partial charge is 0.431 e. The molecule has 7 heteroatoms. The monoisotopic (exact) mass is 355 g/mol. The molecule has 2 aliphatic rings. The lowest BCUT2D eigenvalue weighted by Gasteiger charge is -2.27. The summed E-state index contributed by atoms with van der Waals surface area (Å²) in [4.78, 5) is 26.7. The summed E-state index contributed by atoms with van der Waals surface area (Å²) in [5.74, 6) is 0.110. The molecule has 0 radical (unpaired) electrons. The molecule has 2 aliphatic heterocycles. The molecule has 25 heavy (non-hydrogen) atoms. The van der Waals surface area contributed by atoms with Gasteiger partial charge in [-0.25, -0.2) is 4.79 Å². The Hall–Kier alpha value is -1.60. The molecule has 2 N–H and O–H groups in total. The van der Waals surface area contributed by atoms with Crippen LogP contribution in [0.1, 0.15) is 51.9 Å². The third-order valence-electron chi connectivity index (χ3n) is 4.91. The molecule has 0 spiro atoms. The first kappa shape index (κ1) is 19.7. The zero-order valence-corrected chi connectivity index (χ0v) is 14.8. The van der Waals surface area contributed by atoms with Crippen LogP contribution in [-0.2, 0) is 19.1 Å². The van der Waals surface area contributed by atoms with Gasteiger partial charge in [0.25, 0.3) is 0 Å². The van der Waals surface area contributed by atoms with Crippen molar-refractivity contribution in [1.82, 2.24) is 5.48 Å². The molecule has 4 atom stereocenters. The number of fused-ring (bicyclic) bond motifs is 2. The van der Waals surface area contributed by atoms with Gasteiger partial charge in [0.15, 0.2) is 0 Å². The van der Waals surface area contributed by atoms with Crippen LogP contribution >= 0.6 is 0 Å². The number of hydrogen-bond acceptors (Lipinski definition) is 5. The van der Waals surface area contributed by atoms with Gasteiger partial charge in [-0.2, -0.15) is 5.48 Å². The van der Waals surface area contributed by atoms with Crippen molar-refractivity contribution in [1.29, 1.82) is 0 Å². The average Bonchev–Trinajstić information content (AvgIpc) is 3.18. The van der Waals surface area contributed by atoms with E-state index in [4.69, 9.17) is 19.4 Å². The van der Waals surface area contributed by atoms with Crippen molar-refractivity contribution >= 4 is 12.1 Å². The summed E-state index contributed by atoms with van der Waals surface area (Å²) >= 11 is 0. The predicted molar refractivity (Wildman–Crippen MR) is 90.8 cm³/mol. The highest BCUT2D eigenvalue weighted by atomic mass is 16.7. The fraction of sp³-hybridized carbons (Fsp3) is 0.778. The molecule has 0 unspecified atom stereocenters. The Morgan fingerprint density at radius 2 is 2.00 bits per heavy atom. The number of hydrogen-bond donors (Lipinski definition) is 2. The molecule has 2 saturated heterocycles. The minimum Gasteiger partial charge on any atom is -0.481 e. The van der Waals surface area contributed by atoms with Crippen LogP contribution in [-0.4, -0.2) is 42.6 Å². The number of ether oxygens (including phenoxy) is 2. The molecular weight excluding hydrogens is 326 g/mol. The topological polar surface area (TPSA) is 94.1 Å². The number of amides is 1. The van der Waals surface area contributed by atoms with E-state index in [0.29, 0.717) is 37.6 Å². The van der Waals surface area contributed by atoms with E-state index in [-0.39, 0.29) is 12.5 Å².